The SMILES string of the molecule is COc1cc(/C=C(/C#N)C(=O)NCc2ccccc2)cc(Cl)c1OCc1ccc(Cl)c(Cl)c1. The van der Waals surface area contributed by atoms with E-state index in [-0.39, 0.29) is 17.2 Å². The molecular formula is C25H19Cl3N2O3. The Bertz CT molecular complexity index is 1220. The van der Waals surface area contributed by atoms with Crippen molar-refractivity contribution in [1.82, 2.24) is 5.32 Å². The maximum atomic E-state index is 12.5. The highest BCUT2D eigenvalue weighted by molar-refractivity contribution is 6.42. The molecule has 3 aromatic carbocycles. The summed E-state index contributed by atoms with van der Waals surface area (Å²) in [7, 11) is 1.48. The van der Waals surface area contributed by atoms with Crippen LogP contribution in [0.25, 0.3) is 6.08 Å². The van der Waals surface area contributed by atoms with Crippen LogP contribution < -0.4 is 14.8 Å². The smallest absolute Gasteiger partial charge is 0.262 e. The molecule has 3 aromatic rings. The lowest BCUT2D eigenvalue weighted by molar-refractivity contribution is -0.117. The number of nitriles is 1. The second kappa shape index (κ2) is 11.6. The molecule has 168 valence electrons. The van der Waals surface area contributed by atoms with Crippen molar-refractivity contribution in [3.8, 4) is 17.6 Å². The number of methoxy groups -OCH3 is 1. The van der Waals surface area contributed by atoms with Gasteiger partial charge in [-0.25, -0.2) is 0 Å². The normalized spacial score (nSPS) is 10.9. The highest BCUT2D eigenvalue weighted by atomic mass is 35.5. The molecule has 0 spiro atoms. The van der Waals surface area contributed by atoms with Crippen molar-refractivity contribution >= 4 is 46.8 Å². The third kappa shape index (κ3) is 6.66. The molecule has 8 heteroatoms. The van der Waals surface area contributed by atoms with E-state index in [4.69, 9.17) is 44.3 Å². The van der Waals surface area contributed by atoms with Crippen molar-refractivity contribution in [1.29, 1.82) is 5.26 Å². The summed E-state index contributed by atoms with van der Waals surface area (Å²) >= 11 is 18.4. The lowest BCUT2D eigenvalue weighted by Gasteiger charge is -2.14. The molecular weight excluding hydrogens is 483 g/mol. The zero-order chi connectivity index (χ0) is 23.8. The average Bonchev–Trinajstić information content (AvgIpc) is 2.82. The van der Waals surface area contributed by atoms with Crippen LogP contribution in [0.1, 0.15) is 16.7 Å². The lowest BCUT2D eigenvalue weighted by Crippen LogP contribution is -2.23. The Balaban J connectivity index is 1.76. The number of rotatable bonds is 8. The van der Waals surface area contributed by atoms with Gasteiger partial charge in [0.25, 0.3) is 5.91 Å². The molecule has 0 radical (unpaired) electrons. The Morgan fingerprint density at radius 2 is 1.76 bits per heavy atom. The minimum atomic E-state index is -0.489. The molecule has 33 heavy (non-hydrogen) atoms. The first-order valence-corrected chi connectivity index (χ1v) is 10.9. The van der Waals surface area contributed by atoms with Gasteiger partial charge in [-0.2, -0.15) is 5.26 Å². The van der Waals surface area contributed by atoms with Gasteiger partial charge in [-0.1, -0.05) is 71.2 Å². The molecule has 1 amide bonds. The van der Waals surface area contributed by atoms with Gasteiger partial charge in [0.05, 0.1) is 22.2 Å². The van der Waals surface area contributed by atoms with Gasteiger partial charge < -0.3 is 14.8 Å². The number of hydrogen-bond acceptors (Lipinski definition) is 4. The number of nitrogens with one attached hydrogen (secondary N) is 1. The first-order chi connectivity index (χ1) is 15.9. The van der Waals surface area contributed by atoms with Crippen LogP contribution in [0.2, 0.25) is 15.1 Å². The number of ether oxygens (including phenoxy) is 2. The van der Waals surface area contributed by atoms with E-state index in [1.54, 1.807) is 30.3 Å². The van der Waals surface area contributed by atoms with Crippen LogP contribution in [0.5, 0.6) is 11.5 Å². The number of benzene rings is 3. The number of hydrogen-bond donors (Lipinski definition) is 1. The molecule has 0 aromatic heterocycles. The summed E-state index contributed by atoms with van der Waals surface area (Å²) in [5.74, 6) is 0.196. The van der Waals surface area contributed by atoms with Crippen LogP contribution in [0.3, 0.4) is 0 Å². The minimum absolute atomic E-state index is 0.0616. The van der Waals surface area contributed by atoms with Crippen molar-refractivity contribution in [2.24, 2.45) is 0 Å². The number of carbonyl (C=O) groups excluding carboxylic acids is 1. The topological polar surface area (TPSA) is 71.3 Å². The van der Waals surface area contributed by atoms with Crippen LogP contribution in [0.15, 0.2) is 66.2 Å². The van der Waals surface area contributed by atoms with Gasteiger partial charge in [-0.3, -0.25) is 4.79 Å². The molecule has 1 N–H and O–H groups in total. The van der Waals surface area contributed by atoms with E-state index >= 15 is 0 Å². The second-order valence-electron chi connectivity index (χ2n) is 6.91. The molecule has 0 saturated heterocycles. The van der Waals surface area contributed by atoms with Gasteiger partial charge in [-0.05, 0) is 47.0 Å². The van der Waals surface area contributed by atoms with Gasteiger partial charge in [0.1, 0.15) is 18.2 Å². The van der Waals surface area contributed by atoms with Crippen LogP contribution >= 0.6 is 34.8 Å². The highest BCUT2D eigenvalue weighted by Gasteiger charge is 2.14. The Hall–Kier alpha value is -3.17. The predicted molar refractivity (Wildman–Crippen MR) is 131 cm³/mol. The Labute approximate surface area is 207 Å². The molecule has 0 atom stereocenters. The van der Waals surface area contributed by atoms with E-state index < -0.39 is 5.91 Å². The fraction of sp³-hybridized carbons (Fsp3) is 0.120. The van der Waals surface area contributed by atoms with Gasteiger partial charge in [0.15, 0.2) is 11.5 Å². The monoisotopic (exact) mass is 500 g/mol. The predicted octanol–water partition coefficient (Wildman–Crippen LogP) is 6.46. The first kappa shape index (κ1) is 24.5. The van der Waals surface area contributed by atoms with Crippen LogP contribution in [0.4, 0.5) is 0 Å². The van der Waals surface area contributed by atoms with Crippen molar-refractivity contribution in [2.45, 2.75) is 13.2 Å². The summed E-state index contributed by atoms with van der Waals surface area (Å²) in [5.41, 5.74) is 2.18. The zero-order valence-corrected chi connectivity index (χ0v) is 19.8. The molecule has 0 bridgehead atoms. The summed E-state index contributed by atoms with van der Waals surface area (Å²) in [6.07, 6.45) is 1.44. The largest absolute Gasteiger partial charge is 0.493 e. The van der Waals surface area contributed by atoms with Crippen molar-refractivity contribution < 1.29 is 14.3 Å². The van der Waals surface area contributed by atoms with Gasteiger partial charge in [0, 0.05) is 6.54 Å². The number of carbonyl (C=O) groups is 1. The quantitative estimate of drug-likeness (QED) is 0.284. The second-order valence-corrected chi connectivity index (χ2v) is 8.13. The molecule has 0 aliphatic heterocycles. The summed E-state index contributed by atoms with van der Waals surface area (Å²) in [4.78, 5) is 12.5. The van der Waals surface area contributed by atoms with Crippen molar-refractivity contribution in [2.75, 3.05) is 7.11 Å². The van der Waals surface area contributed by atoms with Crippen LogP contribution in [-0.2, 0) is 17.9 Å². The van der Waals surface area contributed by atoms with E-state index in [1.807, 2.05) is 36.4 Å². The highest BCUT2D eigenvalue weighted by Crippen LogP contribution is 2.37. The summed E-state index contributed by atoms with van der Waals surface area (Å²) < 4.78 is 11.2. The number of nitrogens with zero attached hydrogens (tertiary/aromatic N) is 1. The maximum absolute atomic E-state index is 12.5. The van der Waals surface area contributed by atoms with Crippen LogP contribution in [0, 0.1) is 11.3 Å². The first-order valence-electron chi connectivity index (χ1n) is 9.79. The molecule has 0 aliphatic rings. The summed E-state index contributed by atoms with van der Waals surface area (Å²) in [6.45, 7) is 0.498. The third-order valence-electron chi connectivity index (χ3n) is 4.59. The summed E-state index contributed by atoms with van der Waals surface area (Å²) in [6, 6.07) is 19.7. The van der Waals surface area contributed by atoms with E-state index in [9.17, 15) is 10.1 Å². The summed E-state index contributed by atoms with van der Waals surface area (Å²) in [5, 5.41) is 13.3. The van der Waals surface area contributed by atoms with Crippen molar-refractivity contribution in [3.63, 3.8) is 0 Å². The molecule has 5 nitrogen and oxygen atoms in total. The average molecular weight is 502 g/mol. The van der Waals surface area contributed by atoms with E-state index in [0.717, 1.165) is 11.1 Å². The number of halogens is 3. The molecule has 0 saturated carbocycles. The van der Waals surface area contributed by atoms with E-state index in [1.165, 1.54) is 13.2 Å². The zero-order valence-electron chi connectivity index (χ0n) is 17.6. The maximum Gasteiger partial charge on any atom is 0.262 e. The Morgan fingerprint density at radius 1 is 1.00 bits per heavy atom. The van der Waals surface area contributed by atoms with Gasteiger partial charge in [-0.15, -0.1) is 0 Å². The molecule has 0 aliphatic carbocycles. The fourth-order valence-electron chi connectivity index (χ4n) is 2.94. The van der Waals surface area contributed by atoms with Gasteiger partial charge in [0.2, 0.25) is 0 Å². The Morgan fingerprint density at radius 3 is 2.42 bits per heavy atom. The van der Waals surface area contributed by atoms with Crippen molar-refractivity contribution in [3.05, 3.63) is 98.0 Å². The fourth-order valence-corrected chi connectivity index (χ4v) is 3.53. The molecule has 3 rings (SSSR count). The standard InChI is InChI=1S/C25H19Cl3N2O3/c1-32-23-12-18(9-19(13-29)25(31)30-14-16-5-3-2-4-6-16)11-22(28)24(23)33-15-17-7-8-20(26)21(27)10-17/h2-12H,14-15H2,1H3,(H,30,31)/b19-9-. The van der Waals surface area contributed by atoms with E-state index in [0.29, 0.717) is 33.7 Å². The van der Waals surface area contributed by atoms with Crippen LogP contribution in [-0.4, -0.2) is 13.0 Å². The lowest BCUT2D eigenvalue weighted by atomic mass is 10.1. The number of amides is 1. The molecule has 0 fully saturated rings. The third-order valence-corrected chi connectivity index (χ3v) is 5.61. The van der Waals surface area contributed by atoms with E-state index in [2.05, 4.69) is 5.32 Å². The molecule has 0 heterocycles. The minimum Gasteiger partial charge on any atom is -0.493 e. The van der Waals surface area contributed by atoms with Gasteiger partial charge >= 0.3 is 0 Å². The Kier molecular flexibility index (Phi) is 8.62. The molecule has 0 unspecified atom stereocenters.